The minimum absolute atomic E-state index is 0.0450. The predicted octanol–water partition coefficient (Wildman–Crippen LogP) is 4.92. The van der Waals surface area contributed by atoms with E-state index in [4.69, 9.17) is 5.11 Å². The topological polar surface area (TPSA) is 37.3 Å². The van der Waals surface area contributed by atoms with E-state index in [0.717, 1.165) is 6.07 Å². The number of thiol groups is 1. The van der Waals surface area contributed by atoms with E-state index >= 15 is 0 Å². The van der Waals surface area contributed by atoms with Gasteiger partial charge in [0.05, 0.1) is 11.1 Å². The summed E-state index contributed by atoms with van der Waals surface area (Å²) in [5, 5.41) is 9.16. The highest BCUT2D eigenvalue weighted by atomic mass is 32.1. The number of hydrogen-bond donors (Lipinski definition) is 2. The van der Waals surface area contributed by atoms with Crippen molar-refractivity contribution in [3.05, 3.63) is 53.1 Å². The van der Waals surface area contributed by atoms with Crippen molar-refractivity contribution in [2.45, 2.75) is 24.4 Å². The average molecular weight is 326 g/mol. The van der Waals surface area contributed by atoms with Crippen LogP contribution in [0.4, 0.5) is 13.2 Å². The normalized spacial score (nSPS) is 11.5. The fourth-order valence-corrected chi connectivity index (χ4v) is 2.78. The van der Waals surface area contributed by atoms with Crippen molar-refractivity contribution < 1.29 is 23.1 Å². The van der Waals surface area contributed by atoms with Crippen molar-refractivity contribution in [1.29, 1.82) is 0 Å². The number of aromatic carboxylic acids is 1. The summed E-state index contributed by atoms with van der Waals surface area (Å²) in [6.07, 6.45) is -4.06. The van der Waals surface area contributed by atoms with Crippen LogP contribution >= 0.6 is 12.6 Å². The van der Waals surface area contributed by atoms with Crippen molar-refractivity contribution in [3.63, 3.8) is 0 Å². The second kappa shape index (κ2) is 6.04. The van der Waals surface area contributed by atoms with Gasteiger partial charge in [0.1, 0.15) is 0 Å². The molecule has 0 bridgehead atoms. The molecule has 22 heavy (non-hydrogen) atoms. The molecule has 2 nitrogen and oxygen atoms in total. The third kappa shape index (κ3) is 2.97. The van der Waals surface area contributed by atoms with Crippen molar-refractivity contribution >= 4 is 18.6 Å². The molecule has 2 aromatic rings. The standard InChI is InChI=1S/C16H13F3O2S/c1-2-9-7-8-11(15(20)21)14(22)13(9)10-5-3-4-6-12(10)16(17,18)19/h3-8,22H,2H2,1H3,(H,20,21). The van der Waals surface area contributed by atoms with Crippen LogP contribution in [0.5, 0.6) is 0 Å². The minimum Gasteiger partial charge on any atom is -0.478 e. The molecule has 0 atom stereocenters. The third-order valence-corrected chi connectivity index (χ3v) is 3.84. The van der Waals surface area contributed by atoms with Crippen LogP contribution in [0.3, 0.4) is 0 Å². The molecule has 0 aromatic heterocycles. The van der Waals surface area contributed by atoms with Gasteiger partial charge < -0.3 is 5.11 Å². The Morgan fingerprint density at radius 3 is 2.36 bits per heavy atom. The SMILES string of the molecule is CCc1ccc(C(=O)O)c(S)c1-c1ccccc1C(F)(F)F. The zero-order valence-electron chi connectivity index (χ0n) is 11.6. The molecule has 0 aliphatic heterocycles. The first-order valence-electron chi connectivity index (χ1n) is 6.52. The van der Waals surface area contributed by atoms with E-state index in [0.29, 0.717) is 12.0 Å². The number of carbonyl (C=O) groups is 1. The van der Waals surface area contributed by atoms with E-state index in [1.807, 2.05) is 0 Å². The van der Waals surface area contributed by atoms with Gasteiger partial charge in [0.25, 0.3) is 0 Å². The van der Waals surface area contributed by atoms with Gasteiger partial charge in [0.2, 0.25) is 0 Å². The molecule has 0 aliphatic carbocycles. The lowest BCUT2D eigenvalue weighted by atomic mass is 9.92. The second-order valence-electron chi connectivity index (χ2n) is 4.70. The van der Waals surface area contributed by atoms with E-state index in [9.17, 15) is 18.0 Å². The van der Waals surface area contributed by atoms with Gasteiger partial charge in [-0.15, -0.1) is 12.6 Å². The van der Waals surface area contributed by atoms with Gasteiger partial charge in [-0.2, -0.15) is 13.2 Å². The van der Waals surface area contributed by atoms with Crippen LogP contribution in [0.25, 0.3) is 11.1 Å². The average Bonchev–Trinajstić information content (AvgIpc) is 2.45. The van der Waals surface area contributed by atoms with Gasteiger partial charge in [-0.1, -0.05) is 31.2 Å². The Kier molecular flexibility index (Phi) is 4.51. The van der Waals surface area contributed by atoms with Crippen LogP contribution in [0.15, 0.2) is 41.3 Å². The number of aryl methyl sites for hydroxylation is 1. The first-order chi connectivity index (χ1) is 10.3. The summed E-state index contributed by atoms with van der Waals surface area (Å²) in [6.45, 7) is 1.79. The van der Waals surface area contributed by atoms with Crippen LogP contribution in [-0.2, 0) is 12.6 Å². The molecule has 0 aliphatic rings. The Morgan fingerprint density at radius 2 is 1.82 bits per heavy atom. The maximum atomic E-state index is 13.2. The number of halogens is 3. The molecule has 0 heterocycles. The second-order valence-corrected chi connectivity index (χ2v) is 5.15. The Balaban J connectivity index is 2.83. The number of carboxylic acids is 1. The largest absolute Gasteiger partial charge is 0.478 e. The quantitative estimate of drug-likeness (QED) is 0.786. The highest BCUT2D eigenvalue weighted by Gasteiger charge is 2.34. The fourth-order valence-electron chi connectivity index (χ4n) is 2.35. The van der Waals surface area contributed by atoms with Crippen LogP contribution < -0.4 is 0 Å². The van der Waals surface area contributed by atoms with Crippen molar-refractivity contribution in [1.82, 2.24) is 0 Å². The van der Waals surface area contributed by atoms with E-state index < -0.39 is 17.7 Å². The number of benzene rings is 2. The number of alkyl halides is 3. The summed E-state index contributed by atoms with van der Waals surface area (Å²) in [5.41, 5.74) is -0.139. The molecule has 0 saturated heterocycles. The Hall–Kier alpha value is -1.95. The van der Waals surface area contributed by atoms with Gasteiger partial charge in [0.15, 0.2) is 0 Å². The molecular formula is C16H13F3O2S. The first kappa shape index (κ1) is 16.4. The van der Waals surface area contributed by atoms with Gasteiger partial charge in [0, 0.05) is 4.90 Å². The summed E-state index contributed by atoms with van der Waals surface area (Å²) < 4.78 is 39.7. The first-order valence-corrected chi connectivity index (χ1v) is 6.96. The molecule has 0 spiro atoms. The molecule has 0 saturated carbocycles. The van der Waals surface area contributed by atoms with E-state index in [1.165, 1.54) is 30.3 Å². The van der Waals surface area contributed by atoms with Crippen molar-refractivity contribution in [2.75, 3.05) is 0 Å². The molecule has 116 valence electrons. The molecule has 0 fully saturated rings. The minimum atomic E-state index is -4.53. The highest BCUT2D eigenvalue weighted by Crippen LogP contribution is 2.41. The molecule has 2 rings (SSSR count). The van der Waals surface area contributed by atoms with Gasteiger partial charge >= 0.3 is 12.1 Å². The number of carboxylic acid groups (broad SMARTS) is 1. The lowest BCUT2D eigenvalue weighted by Gasteiger charge is -2.18. The zero-order chi connectivity index (χ0) is 16.5. The molecule has 0 radical (unpaired) electrons. The molecule has 6 heteroatoms. The van der Waals surface area contributed by atoms with E-state index in [1.54, 1.807) is 6.92 Å². The van der Waals surface area contributed by atoms with Crippen LogP contribution in [-0.4, -0.2) is 11.1 Å². The van der Waals surface area contributed by atoms with Gasteiger partial charge in [-0.3, -0.25) is 0 Å². The lowest BCUT2D eigenvalue weighted by molar-refractivity contribution is -0.137. The zero-order valence-corrected chi connectivity index (χ0v) is 12.5. The van der Waals surface area contributed by atoms with Gasteiger partial charge in [-0.05, 0) is 35.2 Å². The summed E-state index contributed by atoms with van der Waals surface area (Å²) in [6, 6.07) is 8.01. The number of rotatable bonds is 3. The molecular weight excluding hydrogens is 313 g/mol. The summed E-state index contributed by atoms with van der Waals surface area (Å²) >= 11 is 4.18. The van der Waals surface area contributed by atoms with Gasteiger partial charge in [-0.25, -0.2) is 4.79 Å². The maximum Gasteiger partial charge on any atom is 0.417 e. The molecule has 0 amide bonds. The summed E-state index contributed by atoms with van der Waals surface area (Å²) in [4.78, 5) is 11.3. The Bertz CT molecular complexity index is 724. The lowest BCUT2D eigenvalue weighted by Crippen LogP contribution is -2.09. The fraction of sp³-hybridized carbons (Fsp3) is 0.188. The third-order valence-electron chi connectivity index (χ3n) is 3.38. The van der Waals surface area contributed by atoms with E-state index in [2.05, 4.69) is 12.6 Å². The molecule has 2 aromatic carbocycles. The molecule has 1 N–H and O–H groups in total. The van der Waals surface area contributed by atoms with Crippen LogP contribution in [0.1, 0.15) is 28.4 Å². The van der Waals surface area contributed by atoms with E-state index in [-0.39, 0.29) is 21.6 Å². The van der Waals surface area contributed by atoms with Crippen LogP contribution in [0, 0.1) is 0 Å². The summed E-state index contributed by atoms with van der Waals surface area (Å²) in [5.74, 6) is -1.22. The van der Waals surface area contributed by atoms with Crippen molar-refractivity contribution in [2.24, 2.45) is 0 Å². The van der Waals surface area contributed by atoms with Crippen molar-refractivity contribution in [3.8, 4) is 11.1 Å². The Labute approximate surface area is 131 Å². The molecule has 0 unspecified atom stereocenters. The maximum absolute atomic E-state index is 13.2. The predicted molar refractivity (Wildman–Crippen MR) is 80.5 cm³/mol. The smallest absolute Gasteiger partial charge is 0.417 e. The highest BCUT2D eigenvalue weighted by molar-refractivity contribution is 7.80. The number of hydrogen-bond acceptors (Lipinski definition) is 2. The Morgan fingerprint density at radius 1 is 1.18 bits per heavy atom. The summed E-state index contributed by atoms with van der Waals surface area (Å²) in [7, 11) is 0. The van der Waals surface area contributed by atoms with Crippen LogP contribution in [0.2, 0.25) is 0 Å². The monoisotopic (exact) mass is 326 g/mol.